The molecular formula is C27H28N2O4. The molecule has 0 aliphatic carbocycles. The third kappa shape index (κ3) is 5.00. The molecule has 0 unspecified atom stereocenters. The van der Waals surface area contributed by atoms with Gasteiger partial charge in [0, 0.05) is 22.0 Å². The SMILES string of the molecule is COc1ccc2[nH]c(=O)c(CN(Cc3ccco3)C(=O)c3ccc(C(C)(C)C)cc3)cc2c1. The second kappa shape index (κ2) is 8.98. The van der Waals surface area contributed by atoms with Crippen LogP contribution in [0.1, 0.15) is 48.0 Å². The number of aromatic amines is 1. The number of nitrogens with one attached hydrogen (secondary N) is 1. The molecule has 2 aromatic heterocycles. The van der Waals surface area contributed by atoms with Gasteiger partial charge in [-0.2, -0.15) is 0 Å². The molecule has 0 aliphatic rings. The van der Waals surface area contributed by atoms with Gasteiger partial charge in [0.1, 0.15) is 11.5 Å². The third-order valence-electron chi connectivity index (χ3n) is 5.70. The van der Waals surface area contributed by atoms with E-state index in [1.165, 1.54) is 0 Å². The fourth-order valence-corrected chi connectivity index (χ4v) is 3.77. The van der Waals surface area contributed by atoms with Crippen LogP contribution in [0, 0.1) is 0 Å². The molecule has 4 rings (SSSR count). The summed E-state index contributed by atoms with van der Waals surface area (Å²) < 4.78 is 10.8. The summed E-state index contributed by atoms with van der Waals surface area (Å²) in [4.78, 5) is 30.8. The van der Waals surface area contributed by atoms with Crippen LogP contribution >= 0.6 is 0 Å². The Balaban J connectivity index is 1.68. The van der Waals surface area contributed by atoms with Gasteiger partial charge in [-0.1, -0.05) is 32.9 Å². The largest absolute Gasteiger partial charge is 0.497 e. The molecule has 0 spiro atoms. The molecule has 0 saturated carbocycles. The van der Waals surface area contributed by atoms with E-state index in [1.54, 1.807) is 30.4 Å². The van der Waals surface area contributed by atoms with Gasteiger partial charge < -0.3 is 19.0 Å². The van der Waals surface area contributed by atoms with Crippen LogP contribution in [0.25, 0.3) is 10.9 Å². The predicted octanol–water partition coefficient (Wildman–Crippen LogP) is 5.27. The fourth-order valence-electron chi connectivity index (χ4n) is 3.77. The number of ether oxygens (including phenoxy) is 1. The molecule has 0 fully saturated rings. The smallest absolute Gasteiger partial charge is 0.254 e. The molecule has 1 N–H and O–H groups in total. The number of rotatable bonds is 6. The van der Waals surface area contributed by atoms with E-state index in [9.17, 15) is 9.59 Å². The van der Waals surface area contributed by atoms with Crippen molar-refractivity contribution in [3.05, 3.63) is 99.7 Å². The third-order valence-corrected chi connectivity index (χ3v) is 5.70. The molecule has 0 bridgehead atoms. The van der Waals surface area contributed by atoms with Gasteiger partial charge in [-0.3, -0.25) is 9.59 Å². The minimum Gasteiger partial charge on any atom is -0.497 e. The van der Waals surface area contributed by atoms with Gasteiger partial charge in [-0.05, 0) is 59.5 Å². The van der Waals surface area contributed by atoms with Crippen molar-refractivity contribution in [3.63, 3.8) is 0 Å². The molecule has 0 aliphatic heterocycles. The molecule has 2 aromatic carbocycles. The van der Waals surface area contributed by atoms with Crippen molar-refractivity contribution in [1.29, 1.82) is 0 Å². The van der Waals surface area contributed by atoms with Crippen LogP contribution in [0.5, 0.6) is 5.75 Å². The quantitative estimate of drug-likeness (QED) is 0.440. The first-order chi connectivity index (χ1) is 15.7. The Kier molecular flexibility index (Phi) is 6.09. The molecule has 170 valence electrons. The highest BCUT2D eigenvalue weighted by molar-refractivity contribution is 5.94. The van der Waals surface area contributed by atoms with Crippen molar-refractivity contribution in [2.75, 3.05) is 7.11 Å². The van der Waals surface area contributed by atoms with Crippen LogP contribution in [-0.4, -0.2) is 22.9 Å². The Labute approximate surface area is 192 Å². The maximum Gasteiger partial charge on any atom is 0.254 e. The van der Waals surface area contributed by atoms with Crippen molar-refractivity contribution in [3.8, 4) is 5.75 Å². The molecule has 1 amide bonds. The number of amides is 1. The zero-order valence-electron chi connectivity index (χ0n) is 19.3. The zero-order valence-corrected chi connectivity index (χ0v) is 19.3. The van der Waals surface area contributed by atoms with E-state index in [0.29, 0.717) is 28.2 Å². The number of methoxy groups -OCH3 is 1. The first kappa shape index (κ1) is 22.4. The first-order valence-corrected chi connectivity index (χ1v) is 10.9. The number of nitrogens with zero attached hydrogens (tertiary/aromatic N) is 1. The van der Waals surface area contributed by atoms with Crippen molar-refractivity contribution >= 4 is 16.8 Å². The summed E-state index contributed by atoms with van der Waals surface area (Å²) in [5.41, 5.74) is 2.68. The van der Waals surface area contributed by atoms with Crippen molar-refractivity contribution in [1.82, 2.24) is 9.88 Å². The van der Waals surface area contributed by atoms with Crippen LogP contribution in [-0.2, 0) is 18.5 Å². The standard InChI is InChI=1S/C27H28N2O4/c1-27(2,3)21-9-7-18(8-10-21)26(31)29(17-23-6-5-13-33-23)16-20-14-19-15-22(32-4)11-12-24(19)28-25(20)30/h5-15H,16-17H2,1-4H3,(H,28,30). The summed E-state index contributed by atoms with van der Waals surface area (Å²) in [6, 6.07) is 18.5. The molecule has 6 heteroatoms. The van der Waals surface area contributed by atoms with E-state index >= 15 is 0 Å². The Morgan fingerprint density at radius 3 is 2.42 bits per heavy atom. The van der Waals surface area contributed by atoms with Crippen LogP contribution in [0.3, 0.4) is 0 Å². The van der Waals surface area contributed by atoms with Gasteiger partial charge in [0.05, 0.1) is 26.5 Å². The van der Waals surface area contributed by atoms with Gasteiger partial charge in [0.25, 0.3) is 11.5 Å². The Hall–Kier alpha value is -3.80. The number of aromatic nitrogens is 1. The predicted molar refractivity (Wildman–Crippen MR) is 129 cm³/mol. The molecule has 6 nitrogen and oxygen atoms in total. The van der Waals surface area contributed by atoms with Gasteiger partial charge in [0.15, 0.2) is 0 Å². The van der Waals surface area contributed by atoms with Crippen molar-refractivity contribution in [2.24, 2.45) is 0 Å². The second-order valence-electron chi connectivity index (χ2n) is 9.14. The summed E-state index contributed by atoms with van der Waals surface area (Å²) in [6.07, 6.45) is 1.57. The van der Waals surface area contributed by atoms with Gasteiger partial charge >= 0.3 is 0 Å². The lowest BCUT2D eigenvalue weighted by Crippen LogP contribution is -2.32. The van der Waals surface area contributed by atoms with Gasteiger partial charge in [-0.25, -0.2) is 0 Å². The molecule has 4 aromatic rings. The van der Waals surface area contributed by atoms with Crippen molar-refractivity contribution < 1.29 is 13.9 Å². The lowest BCUT2D eigenvalue weighted by molar-refractivity contribution is 0.0717. The highest BCUT2D eigenvalue weighted by Crippen LogP contribution is 2.24. The van der Waals surface area contributed by atoms with E-state index in [0.717, 1.165) is 10.9 Å². The highest BCUT2D eigenvalue weighted by atomic mass is 16.5. The monoisotopic (exact) mass is 444 g/mol. The maximum absolute atomic E-state index is 13.5. The molecule has 0 saturated heterocycles. The summed E-state index contributed by atoms with van der Waals surface area (Å²) >= 11 is 0. The number of hydrogen-bond donors (Lipinski definition) is 1. The van der Waals surface area contributed by atoms with Gasteiger partial charge in [0.2, 0.25) is 0 Å². The van der Waals surface area contributed by atoms with E-state index < -0.39 is 0 Å². The van der Waals surface area contributed by atoms with E-state index in [4.69, 9.17) is 9.15 Å². The lowest BCUT2D eigenvalue weighted by Gasteiger charge is -2.23. The van der Waals surface area contributed by atoms with Crippen LogP contribution in [0.15, 0.2) is 76.1 Å². The van der Waals surface area contributed by atoms with E-state index in [1.807, 2.05) is 48.5 Å². The number of carbonyl (C=O) groups excluding carboxylic acids is 1. The number of furan rings is 1. The number of carbonyl (C=O) groups is 1. The average Bonchev–Trinajstić information content (AvgIpc) is 3.31. The number of benzene rings is 2. The maximum atomic E-state index is 13.5. The molecular weight excluding hydrogens is 416 g/mol. The first-order valence-electron chi connectivity index (χ1n) is 10.9. The number of hydrogen-bond acceptors (Lipinski definition) is 4. The minimum absolute atomic E-state index is 0.00508. The van der Waals surface area contributed by atoms with Gasteiger partial charge in [-0.15, -0.1) is 0 Å². The molecule has 0 radical (unpaired) electrons. The summed E-state index contributed by atoms with van der Waals surface area (Å²) in [7, 11) is 1.60. The lowest BCUT2D eigenvalue weighted by atomic mass is 9.86. The van der Waals surface area contributed by atoms with Crippen LogP contribution in [0.4, 0.5) is 0 Å². The van der Waals surface area contributed by atoms with Crippen LogP contribution < -0.4 is 10.3 Å². The minimum atomic E-state index is -0.229. The van der Waals surface area contributed by atoms with E-state index in [2.05, 4.69) is 25.8 Å². The average molecular weight is 445 g/mol. The molecule has 2 heterocycles. The Morgan fingerprint density at radius 1 is 1.03 bits per heavy atom. The molecule has 33 heavy (non-hydrogen) atoms. The van der Waals surface area contributed by atoms with Crippen molar-refractivity contribution in [2.45, 2.75) is 39.3 Å². The number of pyridine rings is 1. The Bertz CT molecular complexity index is 1310. The Morgan fingerprint density at radius 2 is 1.79 bits per heavy atom. The molecule has 0 atom stereocenters. The summed E-state index contributed by atoms with van der Waals surface area (Å²) in [5.74, 6) is 1.17. The fraction of sp³-hybridized carbons (Fsp3) is 0.259. The number of fused-ring (bicyclic) bond motifs is 1. The summed E-state index contributed by atoms with van der Waals surface area (Å²) in [6.45, 7) is 6.79. The highest BCUT2D eigenvalue weighted by Gasteiger charge is 2.21. The zero-order chi connectivity index (χ0) is 23.6. The topological polar surface area (TPSA) is 75.5 Å². The normalized spacial score (nSPS) is 11.5. The van der Waals surface area contributed by atoms with Crippen LogP contribution in [0.2, 0.25) is 0 Å². The van der Waals surface area contributed by atoms with E-state index in [-0.39, 0.29) is 30.0 Å². The summed E-state index contributed by atoms with van der Waals surface area (Å²) in [5, 5.41) is 0.837. The second-order valence-corrected chi connectivity index (χ2v) is 9.14. The number of H-pyrrole nitrogens is 1.